The molecule has 1 aliphatic rings. The Kier molecular flexibility index (Phi) is 7.63. The molecule has 2 aromatic heterocycles. The van der Waals surface area contributed by atoms with E-state index in [0.717, 1.165) is 56.7 Å². The molecule has 0 aromatic carbocycles. The maximum Gasteiger partial charge on any atom is 0.191 e. The molecular weight excluding hydrogens is 352 g/mol. The Morgan fingerprint density at radius 1 is 1.18 bits per heavy atom. The number of aryl methyl sites for hydroxylation is 1. The van der Waals surface area contributed by atoms with Gasteiger partial charge in [0.05, 0.1) is 0 Å². The van der Waals surface area contributed by atoms with Gasteiger partial charge in [-0.05, 0) is 30.5 Å². The molecule has 152 valence electrons. The van der Waals surface area contributed by atoms with E-state index in [1.165, 1.54) is 31.2 Å². The average molecular weight is 385 g/mol. The summed E-state index contributed by atoms with van der Waals surface area (Å²) in [5, 5.41) is 14.8. The molecular formula is C20H32N8. The Morgan fingerprint density at radius 2 is 2.00 bits per heavy atom. The molecule has 0 saturated carbocycles. The van der Waals surface area contributed by atoms with Crippen molar-refractivity contribution in [3.05, 3.63) is 36.0 Å². The summed E-state index contributed by atoms with van der Waals surface area (Å²) >= 11 is 0. The van der Waals surface area contributed by atoms with Crippen LogP contribution in [0.5, 0.6) is 0 Å². The third kappa shape index (κ3) is 5.68. The van der Waals surface area contributed by atoms with Crippen LogP contribution in [0.2, 0.25) is 0 Å². The molecule has 0 radical (unpaired) electrons. The molecule has 2 N–H and O–H groups in total. The lowest BCUT2D eigenvalue weighted by Gasteiger charge is -2.22. The fourth-order valence-corrected chi connectivity index (χ4v) is 3.48. The maximum absolute atomic E-state index is 4.58. The highest BCUT2D eigenvalue weighted by Crippen LogP contribution is 2.18. The summed E-state index contributed by atoms with van der Waals surface area (Å²) < 4.78 is 2.07. The van der Waals surface area contributed by atoms with E-state index in [2.05, 4.69) is 59.3 Å². The van der Waals surface area contributed by atoms with Gasteiger partial charge in [0.25, 0.3) is 0 Å². The Morgan fingerprint density at radius 3 is 2.75 bits per heavy atom. The summed E-state index contributed by atoms with van der Waals surface area (Å²) in [6, 6.07) is 4.25. The molecule has 1 fully saturated rings. The monoisotopic (exact) mass is 384 g/mol. The lowest BCUT2D eigenvalue weighted by Crippen LogP contribution is -2.38. The second-order valence-corrected chi connectivity index (χ2v) is 7.07. The van der Waals surface area contributed by atoms with E-state index in [1.807, 2.05) is 6.20 Å². The van der Waals surface area contributed by atoms with Crippen LogP contribution in [0, 0.1) is 0 Å². The largest absolute Gasteiger partial charge is 0.357 e. The molecule has 0 unspecified atom stereocenters. The van der Waals surface area contributed by atoms with Crippen LogP contribution < -0.4 is 15.5 Å². The summed E-state index contributed by atoms with van der Waals surface area (Å²) in [6.45, 7) is 6.59. The minimum atomic E-state index is 0.718. The molecule has 0 bridgehead atoms. The predicted molar refractivity (Wildman–Crippen MR) is 113 cm³/mol. The molecule has 3 heterocycles. The third-order valence-electron chi connectivity index (χ3n) is 5.08. The zero-order chi connectivity index (χ0) is 19.6. The van der Waals surface area contributed by atoms with Crippen molar-refractivity contribution >= 4 is 11.8 Å². The topological polar surface area (TPSA) is 83.3 Å². The van der Waals surface area contributed by atoms with Crippen molar-refractivity contribution in [1.82, 2.24) is 30.4 Å². The standard InChI is InChI=1S/C20H32N8/c1-3-18-26-25-16-28(18)13-10-23-20(21-2)24-15-17-8-9-22-19(14-17)27-11-6-4-5-7-12-27/h8-9,14,16H,3-7,10-13,15H2,1-2H3,(H2,21,23,24). The van der Waals surface area contributed by atoms with E-state index in [1.54, 1.807) is 13.4 Å². The fraction of sp³-hybridized carbons (Fsp3) is 0.600. The van der Waals surface area contributed by atoms with Crippen molar-refractivity contribution in [3.63, 3.8) is 0 Å². The van der Waals surface area contributed by atoms with E-state index in [9.17, 15) is 0 Å². The molecule has 0 spiro atoms. The highest BCUT2D eigenvalue weighted by atomic mass is 15.3. The first kappa shape index (κ1) is 20.1. The van der Waals surface area contributed by atoms with Crippen LogP contribution >= 0.6 is 0 Å². The second kappa shape index (κ2) is 10.6. The van der Waals surface area contributed by atoms with Gasteiger partial charge in [-0.2, -0.15) is 0 Å². The smallest absolute Gasteiger partial charge is 0.191 e. The number of anilines is 1. The van der Waals surface area contributed by atoms with E-state index < -0.39 is 0 Å². The summed E-state index contributed by atoms with van der Waals surface area (Å²) in [6.07, 6.45) is 9.74. The van der Waals surface area contributed by atoms with Crippen LogP contribution in [0.15, 0.2) is 29.6 Å². The number of aromatic nitrogens is 4. The van der Waals surface area contributed by atoms with Gasteiger partial charge < -0.3 is 20.1 Å². The number of nitrogens with one attached hydrogen (secondary N) is 2. The number of aliphatic imine (C=N–C) groups is 1. The zero-order valence-electron chi connectivity index (χ0n) is 17.1. The van der Waals surface area contributed by atoms with Crippen molar-refractivity contribution in [2.24, 2.45) is 4.99 Å². The first-order valence-electron chi connectivity index (χ1n) is 10.3. The van der Waals surface area contributed by atoms with Crippen molar-refractivity contribution in [2.75, 3.05) is 31.6 Å². The van der Waals surface area contributed by atoms with E-state index in [4.69, 9.17) is 0 Å². The van der Waals surface area contributed by atoms with Crippen LogP contribution in [0.4, 0.5) is 5.82 Å². The van der Waals surface area contributed by atoms with Crippen LogP contribution in [0.25, 0.3) is 0 Å². The number of rotatable bonds is 7. The van der Waals surface area contributed by atoms with Gasteiger partial charge in [0.1, 0.15) is 18.0 Å². The van der Waals surface area contributed by atoms with Crippen LogP contribution in [0.1, 0.15) is 44.0 Å². The fourth-order valence-electron chi connectivity index (χ4n) is 3.48. The van der Waals surface area contributed by atoms with Crippen LogP contribution in [0.3, 0.4) is 0 Å². The number of hydrogen-bond acceptors (Lipinski definition) is 5. The molecule has 0 aliphatic carbocycles. The van der Waals surface area contributed by atoms with Gasteiger partial charge in [-0.15, -0.1) is 10.2 Å². The predicted octanol–water partition coefficient (Wildman–Crippen LogP) is 1.98. The number of hydrogen-bond donors (Lipinski definition) is 2. The van der Waals surface area contributed by atoms with E-state index >= 15 is 0 Å². The van der Waals surface area contributed by atoms with E-state index in [0.29, 0.717) is 0 Å². The highest BCUT2D eigenvalue weighted by molar-refractivity contribution is 5.79. The van der Waals surface area contributed by atoms with Crippen molar-refractivity contribution in [1.29, 1.82) is 0 Å². The van der Waals surface area contributed by atoms with Gasteiger partial charge >= 0.3 is 0 Å². The maximum atomic E-state index is 4.58. The third-order valence-corrected chi connectivity index (χ3v) is 5.08. The summed E-state index contributed by atoms with van der Waals surface area (Å²) in [5.74, 6) is 2.88. The molecule has 3 rings (SSSR count). The lowest BCUT2D eigenvalue weighted by molar-refractivity contribution is 0.632. The molecule has 0 atom stereocenters. The van der Waals surface area contributed by atoms with Gasteiger partial charge in [-0.1, -0.05) is 19.8 Å². The molecule has 1 saturated heterocycles. The SMILES string of the molecule is CCc1nncn1CCNC(=NC)NCc1ccnc(N2CCCCCC2)c1. The molecule has 2 aromatic rings. The van der Waals surface area contributed by atoms with Crippen molar-refractivity contribution in [3.8, 4) is 0 Å². The summed E-state index contributed by atoms with van der Waals surface area (Å²) in [4.78, 5) is 11.3. The Balaban J connectivity index is 1.48. The summed E-state index contributed by atoms with van der Waals surface area (Å²) in [5.41, 5.74) is 1.21. The quantitative estimate of drug-likeness (QED) is 0.561. The Labute approximate surface area is 167 Å². The second-order valence-electron chi connectivity index (χ2n) is 7.07. The highest BCUT2D eigenvalue weighted by Gasteiger charge is 2.11. The number of guanidine groups is 1. The Hall–Kier alpha value is -2.64. The van der Waals surface area contributed by atoms with Crippen molar-refractivity contribution < 1.29 is 0 Å². The summed E-state index contributed by atoms with van der Waals surface area (Å²) in [7, 11) is 1.79. The minimum absolute atomic E-state index is 0.718. The van der Waals surface area contributed by atoms with Gasteiger partial charge in [0.15, 0.2) is 5.96 Å². The molecule has 8 heteroatoms. The van der Waals surface area contributed by atoms with E-state index in [-0.39, 0.29) is 0 Å². The molecule has 0 amide bonds. The average Bonchev–Trinajstić information content (AvgIpc) is 3.01. The normalized spacial score (nSPS) is 15.4. The van der Waals surface area contributed by atoms with Gasteiger partial charge in [0.2, 0.25) is 0 Å². The van der Waals surface area contributed by atoms with Gasteiger partial charge in [-0.3, -0.25) is 4.99 Å². The number of pyridine rings is 1. The first-order chi connectivity index (χ1) is 13.8. The van der Waals surface area contributed by atoms with Crippen LogP contribution in [-0.2, 0) is 19.5 Å². The zero-order valence-corrected chi connectivity index (χ0v) is 17.1. The van der Waals surface area contributed by atoms with Gasteiger partial charge in [0, 0.05) is 52.4 Å². The van der Waals surface area contributed by atoms with Gasteiger partial charge in [-0.25, -0.2) is 4.98 Å². The molecule has 1 aliphatic heterocycles. The van der Waals surface area contributed by atoms with Crippen LogP contribution in [-0.4, -0.2) is 52.4 Å². The molecule has 28 heavy (non-hydrogen) atoms. The van der Waals surface area contributed by atoms with Crippen molar-refractivity contribution in [2.45, 2.75) is 52.1 Å². The Bertz CT molecular complexity index is 746. The first-order valence-corrected chi connectivity index (χ1v) is 10.3. The minimum Gasteiger partial charge on any atom is -0.357 e. The number of nitrogens with zero attached hydrogens (tertiary/aromatic N) is 6. The molecule has 8 nitrogen and oxygen atoms in total. The lowest BCUT2D eigenvalue weighted by atomic mass is 10.2.